The standard InChI is InChI=1S/C15H26N4OS/c1-5-6-7-10-13-16-14-12(9-8-11-19(14)17-13)18-21(20)15(2,3)4/h5-11H2,1-4H3/b18-12+/t21-/m0/s1. The lowest BCUT2D eigenvalue weighted by molar-refractivity contribution is 0.554. The highest BCUT2D eigenvalue weighted by atomic mass is 32.2. The molecule has 0 bridgehead atoms. The molecule has 0 fully saturated rings. The number of unbranched alkanes of at least 4 members (excludes halogenated alkanes) is 2. The fourth-order valence-electron chi connectivity index (χ4n) is 2.23. The van der Waals surface area contributed by atoms with Crippen molar-refractivity contribution in [2.75, 3.05) is 0 Å². The molecule has 5 nitrogen and oxygen atoms in total. The number of hydrogen-bond donors (Lipinski definition) is 0. The van der Waals surface area contributed by atoms with Crippen LogP contribution >= 0.6 is 0 Å². The molecule has 0 amide bonds. The van der Waals surface area contributed by atoms with Crippen molar-refractivity contribution in [1.82, 2.24) is 14.8 Å². The number of rotatable bonds is 5. The molecule has 0 aromatic carbocycles. The molecule has 0 aliphatic carbocycles. The normalized spacial score (nSPS) is 18.8. The zero-order valence-corrected chi connectivity index (χ0v) is 14.4. The molecule has 0 saturated carbocycles. The highest BCUT2D eigenvalue weighted by molar-refractivity contribution is 7.85. The zero-order valence-electron chi connectivity index (χ0n) is 13.6. The molecule has 0 saturated heterocycles. The largest absolute Gasteiger partial charge is 0.244 e. The van der Waals surface area contributed by atoms with Gasteiger partial charge in [-0.1, -0.05) is 19.8 Å². The van der Waals surface area contributed by atoms with Crippen molar-refractivity contribution >= 4 is 16.7 Å². The van der Waals surface area contributed by atoms with E-state index in [0.717, 1.165) is 49.6 Å². The van der Waals surface area contributed by atoms with Crippen LogP contribution in [-0.4, -0.2) is 29.4 Å². The number of nitrogens with zero attached hydrogens (tertiary/aromatic N) is 4. The summed E-state index contributed by atoms with van der Waals surface area (Å²) in [6, 6.07) is 0. The molecule has 1 atom stereocenters. The van der Waals surface area contributed by atoms with Crippen molar-refractivity contribution in [2.45, 2.75) is 77.5 Å². The molecule has 21 heavy (non-hydrogen) atoms. The van der Waals surface area contributed by atoms with E-state index < -0.39 is 11.0 Å². The van der Waals surface area contributed by atoms with Crippen LogP contribution in [0, 0.1) is 0 Å². The second-order valence-electron chi connectivity index (χ2n) is 6.53. The highest BCUT2D eigenvalue weighted by Crippen LogP contribution is 2.19. The first kappa shape index (κ1) is 16.3. The van der Waals surface area contributed by atoms with Gasteiger partial charge in [-0.05, 0) is 40.0 Å². The van der Waals surface area contributed by atoms with Crippen LogP contribution < -0.4 is 0 Å². The molecule has 1 aliphatic rings. The summed E-state index contributed by atoms with van der Waals surface area (Å²) < 4.78 is 18.3. The number of hydrogen-bond acceptors (Lipinski definition) is 3. The Hall–Kier alpha value is -1.04. The van der Waals surface area contributed by atoms with E-state index in [1.165, 1.54) is 12.8 Å². The van der Waals surface area contributed by atoms with Gasteiger partial charge in [-0.3, -0.25) is 0 Å². The highest BCUT2D eigenvalue weighted by Gasteiger charge is 2.24. The van der Waals surface area contributed by atoms with E-state index in [9.17, 15) is 4.21 Å². The topological polar surface area (TPSA) is 60.1 Å². The molecule has 1 aromatic heterocycles. The number of aryl methyl sites for hydroxylation is 2. The second kappa shape index (κ2) is 6.81. The first-order chi connectivity index (χ1) is 9.91. The lowest BCUT2D eigenvalue weighted by Crippen LogP contribution is -2.24. The van der Waals surface area contributed by atoms with Crippen LogP contribution in [0.4, 0.5) is 0 Å². The molecule has 0 unspecified atom stereocenters. The van der Waals surface area contributed by atoms with Gasteiger partial charge in [0.25, 0.3) is 0 Å². The maximum absolute atomic E-state index is 12.2. The van der Waals surface area contributed by atoms with Gasteiger partial charge in [-0.2, -0.15) is 9.50 Å². The summed E-state index contributed by atoms with van der Waals surface area (Å²) >= 11 is 0. The third kappa shape index (κ3) is 4.22. The Labute approximate surface area is 129 Å². The molecule has 0 radical (unpaired) electrons. The van der Waals surface area contributed by atoms with Crippen molar-refractivity contribution in [2.24, 2.45) is 4.40 Å². The van der Waals surface area contributed by atoms with Gasteiger partial charge in [-0.15, -0.1) is 0 Å². The SMILES string of the molecule is CCCCCc1nc2n(n1)CCC/C2=N\[S@@](=O)C(C)(C)C. The molecule has 0 spiro atoms. The molecular weight excluding hydrogens is 284 g/mol. The van der Waals surface area contributed by atoms with Crippen LogP contribution in [0.15, 0.2) is 4.40 Å². The van der Waals surface area contributed by atoms with Gasteiger partial charge in [0.05, 0.1) is 10.5 Å². The predicted molar refractivity (Wildman–Crippen MR) is 86.9 cm³/mol. The van der Waals surface area contributed by atoms with Crippen molar-refractivity contribution in [3.05, 3.63) is 11.6 Å². The molecule has 1 aromatic rings. The van der Waals surface area contributed by atoms with E-state index >= 15 is 0 Å². The Morgan fingerprint density at radius 1 is 1.33 bits per heavy atom. The first-order valence-electron chi connectivity index (χ1n) is 7.85. The molecule has 2 rings (SSSR count). The van der Waals surface area contributed by atoms with Crippen LogP contribution in [-0.2, 0) is 24.0 Å². The van der Waals surface area contributed by atoms with Gasteiger partial charge in [0.15, 0.2) is 11.6 Å². The predicted octanol–water partition coefficient (Wildman–Crippen LogP) is 3.06. The van der Waals surface area contributed by atoms with Crippen molar-refractivity contribution in [3.8, 4) is 0 Å². The van der Waals surface area contributed by atoms with Crippen molar-refractivity contribution in [1.29, 1.82) is 0 Å². The van der Waals surface area contributed by atoms with Crippen LogP contribution in [0.5, 0.6) is 0 Å². The van der Waals surface area contributed by atoms with E-state index in [1.807, 2.05) is 25.5 Å². The minimum absolute atomic E-state index is 0.334. The zero-order chi connectivity index (χ0) is 15.5. The minimum atomic E-state index is -1.23. The van der Waals surface area contributed by atoms with Crippen LogP contribution in [0.1, 0.15) is 71.4 Å². The van der Waals surface area contributed by atoms with E-state index in [1.54, 1.807) is 0 Å². The Bertz CT molecular complexity index is 542. The fourth-order valence-corrected chi connectivity index (χ4v) is 2.88. The molecule has 0 N–H and O–H groups in total. The summed E-state index contributed by atoms with van der Waals surface area (Å²) in [6.07, 6.45) is 6.29. The summed E-state index contributed by atoms with van der Waals surface area (Å²) in [5, 5.41) is 4.57. The van der Waals surface area contributed by atoms with Gasteiger partial charge in [0.2, 0.25) is 0 Å². The van der Waals surface area contributed by atoms with Crippen LogP contribution in [0.3, 0.4) is 0 Å². The van der Waals surface area contributed by atoms with Crippen LogP contribution in [0.2, 0.25) is 0 Å². The Morgan fingerprint density at radius 3 is 2.76 bits per heavy atom. The average molecular weight is 310 g/mol. The summed E-state index contributed by atoms with van der Waals surface area (Å²) in [4.78, 5) is 4.63. The van der Waals surface area contributed by atoms with Gasteiger partial charge in [-0.25, -0.2) is 13.9 Å². The third-order valence-electron chi connectivity index (χ3n) is 3.48. The van der Waals surface area contributed by atoms with Crippen molar-refractivity contribution < 1.29 is 4.21 Å². The van der Waals surface area contributed by atoms with E-state index in [2.05, 4.69) is 21.4 Å². The average Bonchev–Trinajstić information content (AvgIpc) is 2.82. The summed E-state index contributed by atoms with van der Waals surface area (Å²) in [5.74, 6) is 1.72. The number of fused-ring (bicyclic) bond motifs is 1. The minimum Gasteiger partial charge on any atom is -0.244 e. The Balaban J connectivity index is 2.19. The number of aromatic nitrogens is 3. The monoisotopic (exact) mass is 310 g/mol. The van der Waals surface area contributed by atoms with Crippen molar-refractivity contribution in [3.63, 3.8) is 0 Å². The smallest absolute Gasteiger partial charge is 0.173 e. The maximum atomic E-state index is 12.2. The second-order valence-corrected chi connectivity index (χ2v) is 8.44. The Morgan fingerprint density at radius 2 is 2.10 bits per heavy atom. The molecular formula is C15H26N4OS. The first-order valence-corrected chi connectivity index (χ1v) is 8.96. The van der Waals surface area contributed by atoms with Gasteiger partial charge in [0, 0.05) is 13.0 Å². The summed E-state index contributed by atoms with van der Waals surface area (Å²) in [6.45, 7) is 8.90. The van der Waals surface area contributed by atoms with Gasteiger partial charge < -0.3 is 0 Å². The van der Waals surface area contributed by atoms with Gasteiger partial charge in [0.1, 0.15) is 11.0 Å². The van der Waals surface area contributed by atoms with E-state index in [0.29, 0.717) is 0 Å². The molecule has 118 valence electrons. The van der Waals surface area contributed by atoms with Gasteiger partial charge >= 0.3 is 0 Å². The lowest BCUT2D eigenvalue weighted by Gasteiger charge is -2.17. The molecule has 1 aliphatic heterocycles. The lowest BCUT2D eigenvalue weighted by atomic mass is 10.1. The maximum Gasteiger partial charge on any atom is 0.173 e. The molecule has 6 heteroatoms. The quantitative estimate of drug-likeness (QED) is 0.785. The van der Waals surface area contributed by atoms with Crippen LogP contribution in [0.25, 0.3) is 0 Å². The van der Waals surface area contributed by atoms with E-state index in [-0.39, 0.29) is 4.75 Å². The van der Waals surface area contributed by atoms with E-state index in [4.69, 9.17) is 0 Å². The Kier molecular flexibility index (Phi) is 5.30. The fraction of sp³-hybridized carbons (Fsp3) is 0.800. The summed E-state index contributed by atoms with van der Waals surface area (Å²) in [7, 11) is -1.23. The third-order valence-corrected chi connectivity index (χ3v) is 4.91. The molecule has 2 heterocycles. The summed E-state index contributed by atoms with van der Waals surface area (Å²) in [5.41, 5.74) is 0.851.